The van der Waals surface area contributed by atoms with Crippen LogP contribution in [0.25, 0.3) is 0 Å². The van der Waals surface area contributed by atoms with Gasteiger partial charge in [0.25, 0.3) is 0 Å². The highest BCUT2D eigenvalue weighted by molar-refractivity contribution is 5.41. The molecule has 0 spiro atoms. The summed E-state index contributed by atoms with van der Waals surface area (Å²) in [6.07, 6.45) is 4.77. The van der Waals surface area contributed by atoms with E-state index in [0.717, 1.165) is 0 Å². The monoisotopic (exact) mass is 166 g/mol. The molecule has 0 aliphatic heterocycles. The number of anilines is 1. The second-order valence-corrected chi connectivity index (χ2v) is 1.87. The zero-order valence-corrected chi connectivity index (χ0v) is 6.24. The van der Waals surface area contributed by atoms with Crippen LogP contribution in [0.1, 0.15) is 0 Å². The second-order valence-electron chi connectivity index (χ2n) is 1.87. The summed E-state index contributed by atoms with van der Waals surface area (Å²) in [6.45, 7) is 3.16. The number of halogens is 1. The minimum absolute atomic E-state index is 0.00972. The lowest BCUT2D eigenvalue weighted by molar-refractivity contribution is 0.708. The Morgan fingerprint density at radius 2 is 2.50 bits per heavy atom. The fourth-order valence-electron chi connectivity index (χ4n) is 0.596. The van der Waals surface area contributed by atoms with E-state index in [2.05, 4.69) is 27.0 Å². The predicted molar refractivity (Wildman–Crippen MR) is 44.4 cm³/mol. The van der Waals surface area contributed by atoms with E-state index >= 15 is 0 Å². The maximum atomic E-state index is 11.9. The number of nitrogens with zero attached hydrogens (tertiary/aromatic N) is 3. The topological polar surface area (TPSA) is 50.2 Å². The first-order valence-electron chi connectivity index (χ1n) is 3.17. The molecule has 4 nitrogen and oxygen atoms in total. The van der Waals surface area contributed by atoms with Gasteiger partial charge in [0.1, 0.15) is 12.1 Å². The molecule has 0 saturated carbocycles. The van der Waals surface area contributed by atoms with E-state index in [0.29, 0.717) is 12.1 Å². The van der Waals surface area contributed by atoms with Crippen molar-refractivity contribution in [1.82, 2.24) is 9.97 Å². The highest BCUT2D eigenvalue weighted by atomic mass is 19.1. The van der Waals surface area contributed by atoms with Gasteiger partial charge in [-0.25, -0.2) is 14.4 Å². The molecule has 1 aromatic heterocycles. The third-order valence-corrected chi connectivity index (χ3v) is 1.09. The zero-order chi connectivity index (χ0) is 8.81. The van der Waals surface area contributed by atoms with Crippen molar-refractivity contribution >= 4 is 12.5 Å². The number of hydrogen-bond acceptors (Lipinski definition) is 4. The Hall–Kier alpha value is -1.78. The average Bonchev–Trinajstić information content (AvgIpc) is 2.16. The standard InChI is InChI=1S/C7H7FN4/c1-9-6(4-8)12-7-5-10-2-3-11-7/h2-5H,1H2,(H,11,12)/b6-4-. The van der Waals surface area contributed by atoms with Gasteiger partial charge in [0.05, 0.1) is 6.20 Å². The Kier molecular flexibility index (Phi) is 2.89. The summed E-state index contributed by atoms with van der Waals surface area (Å²) >= 11 is 0. The van der Waals surface area contributed by atoms with E-state index in [4.69, 9.17) is 0 Å². The van der Waals surface area contributed by atoms with Crippen LogP contribution in [0.15, 0.2) is 35.7 Å². The third kappa shape index (κ3) is 2.12. The molecular formula is C7H7FN4. The molecule has 0 bridgehead atoms. The van der Waals surface area contributed by atoms with Gasteiger partial charge >= 0.3 is 0 Å². The van der Waals surface area contributed by atoms with Crippen molar-refractivity contribution in [2.75, 3.05) is 5.32 Å². The van der Waals surface area contributed by atoms with Crippen LogP contribution >= 0.6 is 0 Å². The lowest BCUT2D eigenvalue weighted by Gasteiger charge is -2.01. The first-order valence-corrected chi connectivity index (χ1v) is 3.17. The molecule has 0 atom stereocenters. The van der Waals surface area contributed by atoms with Gasteiger partial charge < -0.3 is 5.32 Å². The van der Waals surface area contributed by atoms with Crippen LogP contribution in [0.4, 0.5) is 10.2 Å². The Labute approximate surface area is 68.9 Å². The van der Waals surface area contributed by atoms with Crippen LogP contribution in [0, 0.1) is 0 Å². The highest BCUT2D eigenvalue weighted by Crippen LogP contribution is 2.03. The Bertz CT molecular complexity index is 283. The van der Waals surface area contributed by atoms with Gasteiger partial charge in [0, 0.05) is 12.4 Å². The lowest BCUT2D eigenvalue weighted by atomic mass is 10.6. The van der Waals surface area contributed by atoms with Gasteiger partial charge in [-0.05, 0) is 6.72 Å². The van der Waals surface area contributed by atoms with Gasteiger partial charge in [0.2, 0.25) is 0 Å². The molecule has 0 aliphatic carbocycles. The molecule has 1 aromatic rings. The maximum absolute atomic E-state index is 11.9. The Balaban J connectivity index is 2.70. The predicted octanol–water partition coefficient (Wildman–Crippen LogP) is 1.36. The van der Waals surface area contributed by atoms with E-state index in [9.17, 15) is 4.39 Å². The van der Waals surface area contributed by atoms with Gasteiger partial charge in [-0.3, -0.25) is 4.98 Å². The molecule has 62 valence electrons. The molecule has 1 rings (SSSR count). The molecule has 1 N–H and O–H groups in total. The summed E-state index contributed by atoms with van der Waals surface area (Å²) in [6, 6.07) is 0. The molecule has 1 heterocycles. The summed E-state index contributed by atoms with van der Waals surface area (Å²) in [7, 11) is 0. The van der Waals surface area contributed by atoms with Crippen molar-refractivity contribution in [2.24, 2.45) is 4.99 Å². The van der Waals surface area contributed by atoms with Crippen molar-refractivity contribution in [3.8, 4) is 0 Å². The van der Waals surface area contributed by atoms with E-state index < -0.39 is 0 Å². The van der Waals surface area contributed by atoms with Crippen LogP contribution in [-0.2, 0) is 0 Å². The normalized spacial score (nSPS) is 10.9. The largest absolute Gasteiger partial charge is 0.322 e. The number of nitrogens with one attached hydrogen (secondary N) is 1. The van der Waals surface area contributed by atoms with E-state index in [-0.39, 0.29) is 5.82 Å². The van der Waals surface area contributed by atoms with E-state index in [1.807, 2.05) is 0 Å². The highest BCUT2D eigenvalue weighted by Gasteiger charge is 1.94. The lowest BCUT2D eigenvalue weighted by Crippen LogP contribution is -1.98. The fraction of sp³-hybridized carbons (Fsp3) is 0. The van der Waals surface area contributed by atoms with Crippen LogP contribution in [-0.4, -0.2) is 16.7 Å². The summed E-state index contributed by atoms with van der Waals surface area (Å²) in [5, 5.41) is 2.56. The van der Waals surface area contributed by atoms with E-state index in [1.165, 1.54) is 18.6 Å². The molecule has 0 aliphatic rings. The average molecular weight is 166 g/mol. The molecule has 0 radical (unpaired) electrons. The van der Waals surface area contributed by atoms with Crippen molar-refractivity contribution in [3.05, 3.63) is 30.7 Å². The van der Waals surface area contributed by atoms with Crippen LogP contribution in [0.3, 0.4) is 0 Å². The molecule has 0 aromatic carbocycles. The number of aliphatic imine (C=N–C) groups is 1. The third-order valence-electron chi connectivity index (χ3n) is 1.09. The Morgan fingerprint density at radius 3 is 3.00 bits per heavy atom. The van der Waals surface area contributed by atoms with Crippen molar-refractivity contribution < 1.29 is 4.39 Å². The molecule has 0 fully saturated rings. The van der Waals surface area contributed by atoms with Crippen LogP contribution in [0.2, 0.25) is 0 Å². The van der Waals surface area contributed by atoms with Crippen molar-refractivity contribution in [1.29, 1.82) is 0 Å². The minimum atomic E-state index is 0.00972. The van der Waals surface area contributed by atoms with Gasteiger partial charge in [-0.15, -0.1) is 0 Å². The van der Waals surface area contributed by atoms with Gasteiger partial charge in [0.15, 0.2) is 5.82 Å². The van der Waals surface area contributed by atoms with Crippen molar-refractivity contribution in [2.45, 2.75) is 0 Å². The molecule has 0 unspecified atom stereocenters. The van der Waals surface area contributed by atoms with Crippen molar-refractivity contribution in [3.63, 3.8) is 0 Å². The zero-order valence-electron chi connectivity index (χ0n) is 6.24. The minimum Gasteiger partial charge on any atom is -0.322 e. The number of hydrogen-bond donors (Lipinski definition) is 1. The number of aromatic nitrogens is 2. The van der Waals surface area contributed by atoms with Crippen LogP contribution < -0.4 is 5.32 Å². The smallest absolute Gasteiger partial charge is 0.159 e. The molecule has 0 amide bonds. The summed E-state index contributed by atoms with van der Waals surface area (Å²) in [5.74, 6) is 0.435. The van der Waals surface area contributed by atoms with Gasteiger partial charge in [-0.2, -0.15) is 0 Å². The maximum Gasteiger partial charge on any atom is 0.159 e. The molecule has 12 heavy (non-hydrogen) atoms. The number of rotatable bonds is 3. The van der Waals surface area contributed by atoms with Gasteiger partial charge in [-0.1, -0.05) is 0 Å². The SMILES string of the molecule is C=N/C(=C/F)Nc1cnccn1. The quantitative estimate of drug-likeness (QED) is 0.689. The summed E-state index contributed by atoms with van der Waals surface area (Å²) in [4.78, 5) is 11.0. The van der Waals surface area contributed by atoms with Crippen LogP contribution in [0.5, 0.6) is 0 Å². The summed E-state index contributed by atoms with van der Waals surface area (Å²) < 4.78 is 11.9. The Morgan fingerprint density at radius 1 is 1.67 bits per heavy atom. The molecular weight excluding hydrogens is 159 g/mol. The summed E-state index contributed by atoms with van der Waals surface area (Å²) in [5.41, 5.74) is 0. The molecule has 5 heteroatoms. The fourth-order valence-corrected chi connectivity index (χ4v) is 0.596. The van der Waals surface area contributed by atoms with E-state index in [1.54, 1.807) is 0 Å². The molecule has 0 saturated heterocycles. The first kappa shape index (κ1) is 8.32. The second kappa shape index (κ2) is 4.17. The first-order chi connectivity index (χ1) is 5.86.